The predicted octanol–water partition coefficient (Wildman–Crippen LogP) is 16.4. The molecule has 0 atom stereocenters. The van der Waals surface area contributed by atoms with E-state index >= 15 is 0 Å². The van der Waals surface area contributed by atoms with E-state index in [0.717, 1.165) is 11.8 Å². The van der Waals surface area contributed by atoms with Crippen LogP contribution in [0.5, 0.6) is 0 Å². The standard InChI is InChI=1S/C63H74N2Si3/c1-62(2,3)46-14-17-49(18-15-46)64(50-19-26-55(27-20-50)66(4,5)6)53-16-13-44-39-59-58-32-25-54(41-61(58)63(60(59)40-45(44)38-53)47-34-42-33-43(36-47)37-48(63)35-42)65(51-21-28-56(29-22-51)67(7,8)9)52-23-30-57(31-24-52)68(10,11)12/h13-32,38-43,47-48H,33-37H2,1-12H3. The van der Waals surface area contributed by atoms with E-state index in [0.29, 0.717) is 11.8 Å². The summed E-state index contributed by atoms with van der Waals surface area (Å²) >= 11 is 0. The molecule has 4 saturated carbocycles. The molecule has 0 radical (unpaired) electrons. The van der Waals surface area contributed by atoms with Gasteiger partial charge >= 0.3 is 0 Å². The highest BCUT2D eigenvalue weighted by Gasteiger charge is 2.61. The highest BCUT2D eigenvalue weighted by molar-refractivity contribution is 6.89. The molecule has 0 heterocycles. The largest absolute Gasteiger partial charge is 0.310 e. The Morgan fingerprint density at radius 3 is 1.19 bits per heavy atom. The number of nitrogens with zero attached hydrogens (tertiary/aromatic N) is 2. The van der Waals surface area contributed by atoms with E-state index < -0.39 is 24.2 Å². The molecular weight excluding hydrogens is 869 g/mol. The normalized spacial score (nSPS) is 21.9. The molecule has 4 bridgehead atoms. The highest BCUT2D eigenvalue weighted by Crippen LogP contribution is 2.70. The Bertz CT molecular complexity index is 2890. The quantitative estimate of drug-likeness (QED) is 0.133. The van der Waals surface area contributed by atoms with E-state index in [1.807, 2.05) is 0 Å². The van der Waals surface area contributed by atoms with Crippen LogP contribution in [-0.4, -0.2) is 24.2 Å². The predicted molar refractivity (Wildman–Crippen MR) is 304 cm³/mol. The number of anilines is 6. The van der Waals surface area contributed by atoms with Crippen molar-refractivity contribution in [3.8, 4) is 11.1 Å². The van der Waals surface area contributed by atoms with Crippen molar-refractivity contribution in [3.63, 3.8) is 0 Å². The van der Waals surface area contributed by atoms with Crippen LogP contribution in [-0.2, 0) is 10.8 Å². The summed E-state index contributed by atoms with van der Waals surface area (Å²) in [4.78, 5) is 5.06. The van der Waals surface area contributed by atoms with Gasteiger partial charge in [-0.15, -0.1) is 0 Å². The third-order valence-corrected chi connectivity index (χ3v) is 23.2. The Morgan fingerprint density at radius 2 is 0.765 bits per heavy atom. The molecule has 5 heteroatoms. The third-order valence-electron chi connectivity index (χ3n) is 17.1. The summed E-state index contributed by atoms with van der Waals surface area (Å²) in [5, 5.41) is 7.18. The van der Waals surface area contributed by atoms with Crippen LogP contribution in [0.15, 0.2) is 146 Å². The zero-order chi connectivity index (χ0) is 47.7. The molecule has 0 aliphatic heterocycles. The van der Waals surface area contributed by atoms with Crippen molar-refractivity contribution in [2.24, 2.45) is 23.7 Å². The van der Waals surface area contributed by atoms with Crippen LogP contribution < -0.4 is 25.4 Å². The fraction of sp³-hybridized carbons (Fsp3) is 0.365. The van der Waals surface area contributed by atoms with Gasteiger partial charge in [-0.05, 0) is 185 Å². The molecule has 1 spiro atoms. The maximum absolute atomic E-state index is 2.69. The molecule has 5 aliphatic carbocycles. The van der Waals surface area contributed by atoms with Crippen LogP contribution in [0.3, 0.4) is 0 Å². The Morgan fingerprint density at radius 1 is 0.382 bits per heavy atom. The van der Waals surface area contributed by atoms with Crippen molar-refractivity contribution in [1.82, 2.24) is 0 Å². The van der Waals surface area contributed by atoms with Gasteiger partial charge in [-0.1, -0.05) is 156 Å². The average Bonchev–Trinajstić information content (AvgIpc) is 3.55. The molecule has 0 amide bonds. The number of rotatable bonds is 9. The van der Waals surface area contributed by atoms with Crippen LogP contribution in [0.1, 0.15) is 69.6 Å². The zero-order valence-corrected chi connectivity index (χ0v) is 46.1. The molecule has 68 heavy (non-hydrogen) atoms. The first-order valence-electron chi connectivity index (χ1n) is 25.9. The lowest BCUT2D eigenvalue weighted by atomic mass is 9.43. The maximum atomic E-state index is 2.69. The molecule has 7 aromatic rings. The second kappa shape index (κ2) is 16.0. The molecule has 5 aliphatic rings. The van der Waals surface area contributed by atoms with Crippen molar-refractivity contribution in [2.75, 3.05) is 9.80 Å². The van der Waals surface area contributed by atoms with Gasteiger partial charge in [0.2, 0.25) is 0 Å². The van der Waals surface area contributed by atoms with Crippen LogP contribution >= 0.6 is 0 Å². The monoisotopic (exact) mass is 943 g/mol. The molecule has 4 fully saturated rings. The smallest absolute Gasteiger partial charge is 0.0775 e. The molecule has 0 N–H and O–H groups in total. The van der Waals surface area contributed by atoms with E-state index in [4.69, 9.17) is 0 Å². The van der Waals surface area contributed by atoms with E-state index in [2.05, 4.69) is 235 Å². The first kappa shape index (κ1) is 45.5. The minimum absolute atomic E-state index is 0.0164. The fourth-order valence-electron chi connectivity index (χ4n) is 13.5. The van der Waals surface area contributed by atoms with Gasteiger partial charge in [0.1, 0.15) is 0 Å². The summed E-state index contributed by atoms with van der Waals surface area (Å²) in [6, 6.07) is 58.3. The van der Waals surface area contributed by atoms with E-state index in [-0.39, 0.29) is 10.8 Å². The van der Waals surface area contributed by atoms with Crippen molar-refractivity contribution in [1.29, 1.82) is 0 Å². The van der Waals surface area contributed by atoms with Gasteiger partial charge in [0, 0.05) is 39.5 Å². The van der Waals surface area contributed by atoms with Gasteiger partial charge < -0.3 is 9.80 Å². The molecule has 0 saturated heterocycles. The van der Waals surface area contributed by atoms with Crippen LogP contribution in [0.2, 0.25) is 58.9 Å². The summed E-state index contributed by atoms with van der Waals surface area (Å²) in [5.41, 5.74) is 15.0. The van der Waals surface area contributed by atoms with Crippen LogP contribution in [0.25, 0.3) is 21.9 Å². The van der Waals surface area contributed by atoms with Crippen molar-refractivity contribution < 1.29 is 0 Å². The van der Waals surface area contributed by atoms with Crippen molar-refractivity contribution in [2.45, 2.75) is 123 Å². The van der Waals surface area contributed by atoms with Gasteiger partial charge in [-0.2, -0.15) is 0 Å². The van der Waals surface area contributed by atoms with E-state index in [1.165, 1.54) is 109 Å². The van der Waals surface area contributed by atoms with E-state index in [9.17, 15) is 0 Å². The summed E-state index contributed by atoms with van der Waals surface area (Å²) in [6.45, 7) is 29.0. The molecule has 7 aromatic carbocycles. The second-order valence-electron chi connectivity index (χ2n) is 25.7. The Balaban J connectivity index is 1.07. The Labute approximate surface area is 411 Å². The van der Waals surface area contributed by atoms with Crippen molar-refractivity contribution in [3.05, 3.63) is 162 Å². The van der Waals surface area contributed by atoms with E-state index in [1.54, 1.807) is 11.1 Å². The summed E-state index contributed by atoms with van der Waals surface area (Å²) < 4.78 is 0. The topological polar surface area (TPSA) is 6.48 Å². The molecule has 2 nitrogen and oxygen atoms in total. The third kappa shape index (κ3) is 7.70. The van der Waals surface area contributed by atoms with Gasteiger partial charge in [-0.25, -0.2) is 0 Å². The molecule has 0 unspecified atom stereocenters. The van der Waals surface area contributed by atoms with Crippen molar-refractivity contribution >= 4 is 84.7 Å². The number of fused-ring (bicyclic) bond motifs is 4. The van der Waals surface area contributed by atoms with Crippen LogP contribution in [0.4, 0.5) is 34.1 Å². The summed E-state index contributed by atoms with van der Waals surface area (Å²) in [5.74, 6) is 3.08. The number of hydrogen-bond acceptors (Lipinski definition) is 2. The maximum Gasteiger partial charge on any atom is 0.0775 e. The summed E-state index contributed by atoms with van der Waals surface area (Å²) in [7, 11) is -4.40. The summed E-state index contributed by atoms with van der Waals surface area (Å²) in [6.07, 6.45) is 6.89. The minimum Gasteiger partial charge on any atom is -0.310 e. The van der Waals surface area contributed by atoms with Gasteiger partial charge in [0.05, 0.1) is 24.2 Å². The molecule has 348 valence electrons. The molecule has 12 rings (SSSR count). The number of hydrogen-bond donors (Lipinski definition) is 0. The first-order valence-corrected chi connectivity index (χ1v) is 36.4. The lowest BCUT2D eigenvalue weighted by Gasteiger charge is -2.61. The van der Waals surface area contributed by atoms with Gasteiger partial charge in [0.25, 0.3) is 0 Å². The van der Waals surface area contributed by atoms with Crippen LogP contribution in [0, 0.1) is 23.7 Å². The lowest BCUT2D eigenvalue weighted by molar-refractivity contribution is -0.0398. The minimum atomic E-state index is -1.47. The molecule has 0 aromatic heterocycles. The molecular formula is C63H74N2Si3. The second-order valence-corrected chi connectivity index (χ2v) is 40.9. The SMILES string of the molecule is CC(C)(C)c1ccc(N(c2ccc([Si](C)(C)C)cc2)c2ccc3cc4c(cc3c2)C2(c3cc(N(c5ccc([Si](C)(C)C)cc5)c5ccc([Si](C)(C)C)cc5)ccc3-4)C3CC4CC(C3)CC2C4)cc1. The number of benzene rings is 7. The zero-order valence-electron chi connectivity index (χ0n) is 43.1. The lowest BCUT2D eigenvalue weighted by Crippen LogP contribution is -2.55. The van der Waals surface area contributed by atoms with Gasteiger partial charge in [-0.3, -0.25) is 0 Å². The first-order chi connectivity index (χ1) is 32.2. The fourth-order valence-corrected chi connectivity index (χ4v) is 17.0. The Kier molecular flexibility index (Phi) is 10.7. The highest BCUT2D eigenvalue weighted by atomic mass is 28.3. The average molecular weight is 944 g/mol. The van der Waals surface area contributed by atoms with Gasteiger partial charge in [0.15, 0.2) is 0 Å². The Hall–Kier alpha value is -4.95.